The van der Waals surface area contributed by atoms with Gasteiger partial charge < -0.3 is 19.7 Å². The normalized spacial score (nSPS) is 16.9. The van der Waals surface area contributed by atoms with Crippen LogP contribution < -0.4 is 15.6 Å². The van der Waals surface area contributed by atoms with Crippen molar-refractivity contribution in [2.45, 2.75) is 25.8 Å². The van der Waals surface area contributed by atoms with E-state index < -0.39 is 23.0 Å². The smallest absolute Gasteiger partial charge is 0.261 e. The van der Waals surface area contributed by atoms with E-state index in [0.29, 0.717) is 16.9 Å². The molecule has 2 heterocycles. The fraction of sp³-hybridized carbons (Fsp3) is 0.360. The molecule has 1 saturated heterocycles. The highest BCUT2D eigenvalue weighted by molar-refractivity contribution is 6.06. The SMILES string of the molecule is CCN1CCN(c2cc3c(cc2F)c(=O)c(C(=O)Nc2ccc(F)cc2)cn3C2CC2)CC1. The van der Waals surface area contributed by atoms with Crippen LogP contribution in [0.4, 0.5) is 20.2 Å². The van der Waals surface area contributed by atoms with Gasteiger partial charge in [-0.3, -0.25) is 9.59 Å². The van der Waals surface area contributed by atoms with Crippen molar-refractivity contribution in [3.63, 3.8) is 0 Å². The molecule has 1 aliphatic carbocycles. The average Bonchev–Trinajstić information content (AvgIpc) is 3.66. The first kappa shape index (κ1) is 21.6. The molecule has 1 N–H and O–H groups in total. The van der Waals surface area contributed by atoms with E-state index in [1.54, 1.807) is 12.3 Å². The van der Waals surface area contributed by atoms with E-state index in [4.69, 9.17) is 0 Å². The maximum atomic E-state index is 15.2. The van der Waals surface area contributed by atoms with Crippen molar-refractivity contribution < 1.29 is 13.6 Å². The second-order valence-electron chi connectivity index (χ2n) is 8.71. The number of amides is 1. The van der Waals surface area contributed by atoms with Gasteiger partial charge in [-0.1, -0.05) is 6.92 Å². The van der Waals surface area contributed by atoms with Gasteiger partial charge in [0.15, 0.2) is 0 Å². The molecule has 0 atom stereocenters. The number of benzene rings is 2. The van der Waals surface area contributed by atoms with Crippen LogP contribution in [0.2, 0.25) is 0 Å². The van der Waals surface area contributed by atoms with Gasteiger partial charge in [-0.05, 0) is 55.8 Å². The Morgan fingerprint density at radius 3 is 2.39 bits per heavy atom. The fourth-order valence-corrected chi connectivity index (χ4v) is 4.45. The number of piperazine rings is 1. The van der Waals surface area contributed by atoms with Crippen LogP contribution in [-0.2, 0) is 0 Å². The molecule has 2 aromatic carbocycles. The molecule has 1 aliphatic heterocycles. The molecule has 0 unspecified atom stereocenters. The number of halogens is 2. The van der Waals surface area contributed by atoms with Crippen LogP contribution in [0.1, 0.15) is 36.2 Å². The lowest BCUT2D eigenvalue weighted by Crippen LogP contribution is -2.46. The molecule has 1 aromatic heterocycles. The molecule has 8 heteroatoms. The van der Waals surface area contributed by atoms with Crippen LogP contribution in [0.3, 0.4) is 0 Å². The number of anilines is 2. The van der Waals surface area contributed by atoms with Gasteiger partial charge in [0.2, 0.25) is 5.43 Å². The summed E-state index contributed by atoms with van der Waals surface area (Å²) in [4.78, 5) is 30.4. The Hall–Kier alpha value is -3.26. The summed E-state index contributed by atoms with van der Waals surface area (Å²) in [6, 6.07) is 8.53. The number of aromatic nitrogens is 1. The second-order valence-corrected chi connectivity index (χ2v) is 8.71. The van der Waals surface area contributed by atoms with Crippen molar-refractivity contribution >= 4 is 28.2 Å². The predicted molar refractivity (Wildman–Crippen MR) is 125 cm³/mol. The Bertz CT molecular complexity index is 1260. The number of hydrogen-bond acceptors (Lipinski definition) is 4. The van der Waals surface area contributed by atoms with Crippen LogP contribution in [0, 0.1) is 11.6 Å². The van der Waals surface area contributed by atoms with Gasteiger partial charge in [0.1, 0.15) is 17.2 Å². The topological polar surface area (TPSA) is 57.6 Å². The van der Waals surface area contributed by atoms with Crippen LogP contribution in [0.5, 0.6) is 0 Å². The van der Waals surface area contributed by atoms with Gasteiger partial charge in [-0.15, -0.1) is 0 Å². The minimum atomic E-state index is -0.594. The Kier molecular flexibility index (Phi) is 5.62. The quantitative estimate of drug-likeness (QED) is 0.636. The number of likely N-dealkylation sites (N-methyl/N-ethyl adjacent to an activating group) is 1. The summed E-state index contributed by atoms with van der Waals surface area (Å²) in [7, 11) is 0. The maximum Gasteiger partial charge on any atom is 0.261 e. The second kappa shape index (κ2) is 8.59. The highest BCUT2D eigenvalue weighted by Gasteiger charge is 2.28. The zero-order valence-electron chi connectivity index (χ0n) is 18.5. The summed E-state index contributed by atoms with van der Waals surface area (Å²) in [5.74, 6) is -1.47. The molecule has 5 rings (SSSR count). The average molecular weight is 453 g/mol. The van der Waals surface area contributed by atoms with Gasteiger partial charge in [-0.2, -0.15) is 0 Å². The van der Waals surface area contributed by atoms with Crippen LogP contribution >= 0.6 is 0 Å². The fourth-order valence-electron chi connectivity index (χ4n) is 4.45. The van der Waals surface area contributed by atoms with E-state index in [0.717, 1.165) is 45.6 Å². The molecule has 0 bridgehead atoms. The Morgan fingerprint density at radius 1 is 1.06 bits per heavy atom. The van der Waals surface area contributed by atoms with Crippen molar-refractivity contribution in [3.8, 4) is 0 Å². The van der Waals surface area contributed by atoms with Crippen molar-refractivity contribution in [1.82, 2.24) is 9.47 Å². The summed E-state index contributed by atoms with van der Waals surface area (Å²) in [6.07, 6.45) is 3.47. The highest BCUT2D eigenvalue weighted by Crippen LogP contribution is 2.38. The van der Waals surface area contributed by atoms with Crippen molar-refractivity contribution in [2.24, 2.45) is 0 Å². The lowest BCUT2D eigenvalue weighted by atomic mass is 10.1. The minimum Gasteiger partial charge on any atom is -0.367 e. The maximum absolute atomic E-state index is 15.2. The summed E-state index contributed by atoms with van der Waals surface area (Å²) < 4.78 is 30.3. The van der Waals surface area contributed by atoms with Gasteiger partial charge in [0, 0.05) is 49.5 Å². The number of carbonyl (C=O) groups excluding carboxylic acids is 1. The van der Waals surface area contributed by atoms with E-state index in [1.807, 2.05) is 9.47 Å². The van der Waals surface area contributed by atoms with Gasteiger partial charge >= 0.3 is 0 Å². The number of carbonyl (C=O) groups is 1. The van der Waals surface area contributed by atoms with Gasteiger partial charge in [0.05, 0.1) is 11.2 Å². The summed E-state index contributed by atoms with van der Waals surface area (Å²) in [5, 5.41) is 2.84. The van der Waals surface area contributed by atoms with Gasteiger partial charge in [0.25, 0.3) is 5.91 Å². The zero-order valence-corrected chi connectivity index (χ0v) is 18.5. The van der Waals surface area contributed by atoms with E-state index in [1.165, 1.54) is 30.3 Å². The third-order valence-electron chi connectivity index (χ3n) is 6.55. The monoisotopic (exact) mass is 452 g/mol. The lowest BCUT2D eigenvalue weighted by molar-refractivity contribution is 0.102. The number of pyridine rings is 1. The zero-order chi connectivity index (χ0) is 23.1. The van der Waals surface area contributed by atoms with Crippen molar-refractivity contribution in [3.05, 3.63) is 70.0 Å². The van der Waals surface area contributed by atoms with E-state index in [9.17, 15) is 14.0 Å². The van der Waals surface area contributed by atoms with Crippen molar-refractivity contribution in [1.29, 1.82) is 0 Å². The number of fused-ring (bicyclic) bond motifs is 1. The minimum absolute atomic E-state index is 0.0533. The van der Waals surface area contributed by atoms with E-state index in [-0.39, 0.29) is 17.0 Å². The molecule has 1 saturated carbocycles. The molecule has 0 spiro atoms. The summed E-state index contributed by atoms with van der Waals surface area (Å²) >= 11 is 0. The molecular weight excluding hydrogens is 426 g/mol. The van der Waals surface area contributed by atoms with Gasteiger partial charge in [-0.25, -0.2) is 8.78 Å². The molecule has 2 fully saturated rings. The first-order valence-electron chi connectivity index (χ1n) is 11.4. The molecular formula is C25H26F2N4O2. The third kappa shape index (κ3) is 4.23. The largest absolute Gasteiger partial charge is 0.367 e. The molecule has 3 aromatic rings. The molecule has 1 amide bonds. The molecule has 172 valence electrons. The molecule has 33 heavy (non-hydrogen) atoms. The highest BCUT2D eigenvalue weighted by atomic mass is 19.1. The summed E-state index contributed by atoms with van der Waals surface area (Å²) in [6.45, 7) is 6.27. The molecule has 0 radical (unpaired) electrons. The Balaban J connectivity index is 1.54. The Morgan fingerprint density at radius 2 is 1.76 bits per heavy atom. The van der Waals surface area contributed by atoms with E-state index >= 15 is 4.39 Å². The van der Waals surface area contributed by atoms with Crippen LogP contribution in [0.15, 0.2) is 47.4 Å². The first-order chi connectivity index (χ1) is 15.9. The van der Waals surface area contributed by atoms with Crippen molar-refractivity contribution in [2.75, 3.05) is 42.9 Å². The lowest BCUT2D eigenvalue weighted by Gasteiger charge is -2.35. The number of hydrogen-bond donors (Lipinski definition) is 1. The Labute approximate surface area is 190 Å². The summed E-state index contributed by atoms with van der Waals surface area (Å²) in [5.41, 5.74) is 0.961. The standard InChI is InChI=1S/C25H26F2N4O2/c1-2-29-9-11-30(12-10-29)23-14-22-19(13-21(23)27)24(32)20(15-31(22)18-7-8-18)25(33)28-17-5-3-16(26)4-6-17/h3-6,13-15,18H,2,7-12H2,1H3,(H,28,33). The number of nitrogens with one attached hydrogen (secondary N) is 1. The molecule has 6 nitrogen and oxygen atoms in total. The number of rotatable bonds is 5. The first-order valence-corrected chi connectivity index (χ1v) is 11.4. The molecule has 2 aliphatic rings. The van der Waals surface area contributed by atoms with Crippen LogP contribution in [-0.4, -0.2) is 48.1 Å². The van der Waals surface area contributed by atoms with Crippen LogP contribution in [0.25, 0.3) is 10.9 Å². The number of nitrogens with zero attached hydrogens (tertiary/aromatic N) is 3. The van der Waals surface area contributed by atoms with E-state index in [2.05, 4.69) is 17.1 Å². The predicted octanol–water partition coefficient (Wildman–Crippen LogP) is 4.01. The third-order valence-corrected chi connectivity index (χ3v) is 6.55.